The van der Waals surface area contributed by atoms with Crippen molar-refractivity contribution in [1.29, 1.82) is 0 Å². The van der Waals surface area contributed by atoms with Gasteiger partial charge in [0.2, 0.25) is 0 Å². The van der Waals surface area contributed by atoms with Crippen molar-refractivity contribution in [2.45, 2.75) is 12.3 Å². The van der Waals surface area contributed by atoms with E-state index in [9.17, 15) is 9.59 Å². The summed E-state index contributed by atoms with van der Waals surface area (Å²) in [4.78, 5) is 30.7. The Morgan fingerprint density at radius 1 is 0.931 bits per heavy atom. The summed E-state index contributed by atoms with van der Waals surface area (Å²) in [6.45, 7) is 0. The van der Waals surface area contributed by atoms with Gasteiger partial charge in [-0.05, 0) is 17.7 Å². The maximum absolute atomic E-state index is 13.0. The van der Waals surface area contributed by atoms with E-state index in [1.807, 2.05) is 60.7 Å². The van der Waals surface area contributed by atoms with Gasteiger partial charge in [-0.3, -0.25) is 4.79 Å². The van der Waals surface area contributed by atoms with Crippen LogP contribution in [0.15, 0.2) is 90.1 Å². The normalized spacial score (nSPS) is 16.8. The molecule has 3 aromatic carbocycles. The standard InChI is InChI=1S/C24H18ClNO3/c25-19-13-11-16(12-14-19)20(15-21(27)17-7-3-1-4-8-17)22-23(26-29-24(22)28)18-9-5-2-6-10-18/h1-14,20,22H,15H2/t20-,22-/m0/s1. The molecule has 1 aliphatic rings. The number of oxime groups is 1. The molecule has 0 aliphatic carbocycles. The van der Waals surface area contributed by atoms with Crippen LogP contribution in [0.3, 0.4) is 0 Å². The van der Waals surface area contributed by atoms with Gasteiger partial charge in [0, 0.05) is 28.5 Å². The number of carbonyl (C=O) groups is 2. The minimum atomic E-state index is -0.675. The Kier molecular flexibility index (Phi) is 5.54. The molecule has 0 aromatic heterocycles. The van der Waals surface area contributed by atoms with Gasteiger partial charge >= 0.3 is 5.97 Å². The fourth-order valence-electron chi connectivity index (χ4n) is 3.60. The summed E-state index contributed by atoms with van der Waals surface area (Å²) in [5.74, 6) is -1.59. The maximum atomic E-state index is 13.0. The van der Waals surface area contributed by atoms with Gasteiger partial charge in [-0.2, -0.15) is 0 Å². The number of Topliss-reactive ketones (excluding diaryl/α,β-unsaturated/α-hetero) is 1. The molecular weight excluding hydrogens is 386 g/mol. The lowest BCUT2D eigenvalue weighted by Crippen LogP contribution is -2.28. The van der Waals surface area contributed by atoms with Crippen LogP contribution < -0.4 is 0 Å². The molecule has 0 radical (unpaired) electrons. The second-order valence-corrected chi connectivity index (χ2v) is 7.32. The SMILES string of the molecule is O=C(C[C@@H](c1ccc(Cl)cc1)[C@@H]1C(=O)ON=C1c1ccccc1)c1ccccc1. The zero-order chi connectivity index (χ0) is 20.2. The predicted octanol–water partition coefficient (Wildman–Crippen LogP) is 5.27. The van der Waals surface area contributed by atoms with Crippen molar-refractivity contribution < 1.29 is 14.4 Å². The molecule has 0 saturated carbocycles. The minimum absolute atomic E-state index is 0.0438. The van der Waals surface area contributed by atoms with Crippen LogP contribution in [0.4, 0.5) is 0 Å². The van der Waals surface area contributed by atoms with Crippen molar-refractivity contribution in [2.24, 2.45) is 11.1 Å². The molecule has 3 aromatic rings. The monoisotopic (exact) mass is 403 g/mol. The molecule has 0 fully saturated rings. The molecule has 0 N–H and O–H groups in total. The van der Waals surface area contributed by atoms with E-state index in [2.05, 4.69) is 5.16 Å². The fraction of sp³-hybridized carbons (Fsp3) is 0.125. The number of hydrogen-bond donors (Lipinski definition) is 0. The molecule has 0 amide bonds. The van der Waals surface area contributed by atoms with Gasteiger partial charge < -0.3 is 4.84 Å². The summed E-state index contributed by atoms with van der Waals surface area (Å²) >= 11 is 6.05. The molecular formula is C24H18ClNO3. The summed E-state index contributed by atoms with van der Waals surface area (Å²) in [5, 5.41) is 4.63. The van der Waals surface area contributed by atoms with E-state index in [-0.39, 0.29) is 12.2 Å². The zero-order valence-electron chi connectivity index (χ0n) is 15.5. The lowest BCUT2D eigenvalue weighted by Gasteiger charge is -2.22. The number of carbonyl (C=O) groups excluding carboxylic acids is 2. The molecule has 29 heavy (non-hydrogen) atoms. The number of hydrogen-bond acceptors (Lipinski definition) is 4. The van der Waals surface area contributed by atoms with Crippen LogP contribution in [-0.2, 0) is 9.63 Å². The Hall–Kier alpha value is -3.24. The molecule has 144 valence electrons. The highest BCUT2D eigenvalue weighted by Crippen LogP contribution is 2.36. The second kappa shape index (κ2) is 8.41. The van der Waals surface area contributed by atoms with E-state index in [4.69, 9.17) is 16.4 Å². The summed E-state index contributed by atoms with van der Waals surface area (Å²) in [7, 11) is 0. The van der Waals surface area contributed by atoms with Crippen molar-refractivity contribution >= 4 is 29.1 Å². The first-order chi connectivity index (χ1) is 14.1. The molecule has 1 heterocycles. The van der Waals surface area contributed by atoms with Crippen LogP contribution in [0.5, 0.6) is 0 Å². The fourth-order valence-corrected chi connectivity index (χ4v) is 3.72. The van der Waals surface area contributed by atoms with Crippen LogP contribution in [-0.4, -0.2) is 17.5 Å². The maximum Gasteiger partial charge on any atom is 0.344 e. The van der Waals surface area contributed by atoms with Crippen molar-refractivity contribution in [3.63, 3.8) is 0 Å². The van der Waals surface area contributed by atoms with Crippen molar-refractivity contribution in [1.82, 2.24) is 0 Å². The first-order valence-corrected chi connectivity index (χ1v) is 9.69. The lowest BCUT2D eigenvalue weighted by molar-refractivity contribution is -0.143. The van der Waals surface area contributed by atoms with E-state index in [0.717, 1.165) is 11.1 Å². The first-order valence-electron chi connectivity index (χ1n) is 9.31. The number of halogens is 1. The quantitative estimate of drug-likeness (QED) is 0.416. The Labute approximate surface area is 173 Å². The van der Waals surface area contributed by atoms with Gasteiger partial charge in [-0.15, -0.1) is 0 Å². The van der Waals surface area contributed by atoms with E-state index in [1.54, 1.807) is 24.3 Å². The third-order valence-electron chi connectivity index (χ3n) is 5.05. The van der Waals surface area contributed by atoms with Crippen LogP contribution in [0.1, 0.15) is 33.8 Å². The molecule has 4 nitrogen and oxygen atoms in total. The molecule has 0 bridgehead atoms. The Morgan fingerprint density at radius 2 is 1.55 bits per heavy atom. The number of nitrogens with zero attached hydrogens (tertiary/aromatic N) is 1. The average Bonchev–Trinajstić information content (AvgIpc) is 3.15. The van der Waals surface area contributed by atoms with E-state index < -0.39 is 17.8 Å². The zero-order valence-corrected chi connectivity index (χ0v) is 16.3. The largest absolute Gasteiger partial charge is 0.344 e. The number of ketones is 1. The summed E-state index contributed by atoms with van der Waals surface area (Å²) in [5.41, 5.74) is 2.79. The van der Waals surface area contributed by atoms with Gasteiger partial charge in [0.05, 0.1) is 0 Å². The van der Waals surface area contributed by atoms with Gasteiger partial charge in [0.15, 0.2) is 5.78 Å². The van der Waals surface area contributed by atoms with E-state index in [1.165, 1.54) is 0 Å². The van der Waals surface area contributed by atoms with E-state index in [0.29, 0.717) is 16.3 Å². The van der Waals surface area contributed by atoms with E-state index >= 15 is 0 Å². The van der Waals surface area contributed by atoms with Crippen molar-refractivity contribution in [3.8, 4) is 0 Å². The lowest BCUT2D eigenvalue weighted by atomic mass is 9.77. The smallest absolute Gasteiger partial charge is 0.317 e. The van der Waals surface area contributed by atoms with Gasteiger partial charge in [0.25, 0.3) is 0 Å². The highest BCUT2D eigenvalue weighted by atomic mass is 35.5. The highest BCUT2D eigenvalue weighted by molar-refractivity contribution is 6.30. The molecule has 0 spiro atoms. The Morgan fingerprint density at radius 3 is 2.21 bits per heavy atom. The summed E-state index contributed by atoms with van der Waals surface area (Å²) < 4.78 is 0. The molecule has 0 unspecified atom stereocenters. The number of rotatable bonds is 6. The van der Waals surface area contributed by atoms with Crippen LogP contribution in [0, 0.1) is 5.92 Å². The minimum Gasteiger partial charge on any atom is -0.317 e. The third kappa shape index (κ3) is 4.13. The number of benzene rings is 3. The van der Waals surface area contributed by atoms with Crippen LogP contribution in [0.25, 0.3) is 0 Å². The molecule has 2 atom stereocenters. The summed E-state index contributed by atoms with van der Waals surface area (Å²) in [6, 6.07) is 25.7. The average molecular weight is 404 g/mol. The third-order valence-corrected chi connectivity index (χ3v) is 5.31. The van der Waals surface area contributed by atoms with Gasteiger partial charge in [-0.25, -0.2) is 4.79 Å². The van der Waals surface area contributed by atoms with Gasteiger partial charge in [-0.1, -0.05) is 89.6 Å². The second-order valence-electron chi connectivity index (χ2n) is 6.88. The first kappa shape index (κ1) is 19.1. The predicted molar refractivity (Wildman–Crippen MR) is 112 cm³/mol. The molecule has 0 saturated heterocycles. The molecule has 1 aliphatic heterocycles. The molecule has 4 rings (SSSR count). The Balaban J connectivity index is 1.73. The van der Waals surface area contributed by atoms with Crippen LogP contribution in [0.2, 0.25) is 5.02 Å². The molecule has 5 heteroatoms. The van der Waals surface area contributed by atoms with Crippen LogP contribution >= 0.6 is 11.6 Å². The Bertz CT molecular complexity index is 1050. The van der Waals surface area contributed by atoms with Gasteiger partial charge in [0.1, 0.15) is 11.6 Å². The topological polar surface area (TPSA) is 55.7 Å². The van der Waals surface area contributed by atoms with Crippen molar-refractivity contribution in [2.75, 3.05) is 0 Å². The summed E-state index contributed by atoms with van der Waals surface area (Å²) in [6.07, 6.45) is 0.150. The van der Waals surface area contributed by atoms with Crippen molar-refractivity contribution in [3.05, 3.63) is 107 Å². The highest BCUT2D eigenvalue weighted by Gasteiger charge is 2.41.